The van der Waals surface area contributed by atoms with E-state index in [0.29, 0.717) is 23.2 Å². The molecule has 0 aliphatic rings. The molecular weight excluding hydrogens is 440 g/mol. The van der Waals surface area contributed by atoms with Crippen molar-refractivity contribution in [1.29, 1.82) is 0 Å². The zero-order chi connectivity index (χ0) is 18.5. The molecule has 0 unspecified atom stereocenters. The summed E-state index contributed by atoms with van der Waals surface area (Å²) in [5.74, 6) is 0.452. The molecule has 134 valence electrons. The number of ether oxygens (including phenoxy) is 1. The second-order valence-corrected chi connectivity index (χ2v) is 7.35. The van der Waals surface area contributed by atoms with Crippen LogP contribution in [-0.4, -0.2) is 0 Å². The van der Waals surface area contributed by atoms with E-state index in [2.05, 4.69) is 21.2 Å². The van der Waals surface area contributed by atoms with Gasteiger partial charge in [0.05, 0.1) is 5.02 Å². The van der Waals surface area contributed by atoms with Crippen LogP contribution in [0.2, 0.25) is 10.0 Å². The molecule has 26 heavy (non-hydrogen) atoms. The van der Waals surface area contributed by atoms with Crippen molar-refractivity contribution in [2.24, 2.45) is 0 Å². The van der Waals surface area contributed by atoms with E-state index in [1.54, 1.807) is 18.2 Å². The average Bonchev–Trinajstić information content (AvgIpc) is 2.63. The summed E-state index contributed by atoms with van der Waals surface area (Å²) >= 11 is 15.6. The van der Waals surface area contributed by atoms with Crippen LogP contribution in [0.4, 0.5) is 10.1 Å². The fraction of sp³-hybridized carbons (Fsp3) is 0.100. The second-order valence-electron chi connectivity index (χ2n) is 5.65. The van der Waals surface area contributed by atoms with E-state index in [0.717, 1.165) is 27.0 Å². The highest BCUT2D eigenvalue weighted by molar-refractivity contribution is 9.10. The van der Waals surface area contributed by atoms with Gasteiger partial charge in [0.2, 0.25) is 0 Å². The highest BCUT2D eigenvalue weighted by Gasteiger charge is 2.07. The van der Waals surface area contributed by atoms with Gasteiger partial charge in [-0.25, -0.2) is 4.39 Å². The highest BCUT2D eigenvalue weighted by Crippen LogP contribution is 2.28. The summed E-state index contributed by atoms with van der Waals surface area (Å²) in [5, 5.41) is 4.57. The molecule has 0 heterocycles. The number of halogens is 4. The lowest BCUT2D eigenvalue weighted by molar-refractivity contribution is 0.303. The number of hydrogen-bond donors (Lipinski definition) is 1. The average molecular weight is 455 g/mol. The van der Waals surface area contributed by atoms with Crippen molar-refractivity contribution >= 4 is 44.8 Å². The first kappa shape index (κ1) is 19.0. The largest absolute Gasteiger partial charge is 0.489 e. The Kier molecular flexibility index (Phi) is 6.41. The van der Waals surface area contributed by atoms with Crippen LogP contribution in [0, 0.1) is 5.82 Å². The Balaban J connectivity index is 1.70. The number of anilines is 1. The van der Waals surface area contributed by atoms with Crippen molar-refractivity contribution in [2.45, 2.75) is 13.2 Å². The Hall–Kier alpha value is -1.75. The molecule has 0 bridgehead atoms. The maximum Gasteiger partial charge on any atom is 0.124 e. The molecule has 3 rings (SSSR count). The van der Waals surface area contributed by atoms with Crippen LogP contribution in [-0.2, 0) is 13.2 Å². The van der Waals surface area contributed by atoms with Gasteiger partial charge in [-0.3, -0.25) is 0 Å². The summed E-state index contributed by atoms with van der Waals surface area (Å²) in [6, 6.07) is 17.4. The molecule has 0 saturated carbocycles. The molecular formula is C20H15BrCl2FNO. The molecule has 0 aromatic heterocycles. The quantitative estimate of drug-likeness (QED) is 0.429. The lowest BCUT2D eigenvalue weighted by Crippen LogP contribution is -2.04. The molecule has 3 aromatic rings. The minimum atomic E-state index is -0.265. The van der Waals surface area contributed by atoms with Crippen LogP contribution < -0.4 is 10.1 Å². The first-order chi connectivity index (χ1) is 12.5. The van der Waals surface area contributed by atoms with E-state index in [4.69, 9.17) is 27.9 Å². The summed E-state index contributed by atoms with van der Waals surface area (Å²) in [6.07, 6.45) is 0. The van der Waals surface area contributed by atoms with Crippen LogP contribution in [0.15, 0.2) is 65.1 Å². The van der Waals surface area contributed by atoms with Gasteiger partial charge in [0.25, 0.3) is 0 Å². The lowest BCUT2D eigenvalue weighted by atomic mass is 10.2. The first-order valence-electron chi connectivity index (χ1n) is 7.86. The third-order valence-corrected chi connectivity index (χ3v) is 5.20. The van der Waals surface area contributed by atoms with Gasteiger partial charge in [0, 0.05) is 27.3 Å². The third-order valence-electron chi connectivity index (χ3n) is 3.73. The maximum atomic E-state index is 13.0. The Morgan fingerprint density at radius 1 is 0.962 bits per heavy atom. The number of hydrogen-bond acceptors (Lipinski definition) is 2. The molecule has 6 heteroatoms. The molecule has 0 radical (unpaired) electrons. The summed E-state index contributed by atoms with van der Waals surface area (Å²) in [7, 11) is 0. The number of nitrogens with one attached hydrogen (secondary N) is 1. The van der Waals surface area contributed by atoms with Crippen LogP contribution >= 0.6 is 39.1 Å². The van der Waals surface area contributed by atoms with Gasteiger partial charge in [-0.1, -0.05) is 35.3 Å². The van der Waals surface area contributed by atoms with Crippen LogP contribution in [0.1, 0.15) is 11.1 Å². The standard InChI is InChI=1S/C20H15BrCl2FNO/c21-18-7-6-17(10-19(18)23)25-11-14-9-15(22)3-8-20(14)26-12-13-1-4-16(24)5-2-13/h1-10,25H,11-12H2. The predicted octanol–water partition coefficient (Wildman–Crippen LogP) is 7.09. The van der Waals surface area contributed by atoms with Crippen LogP contribution in [0.5, 0.6) is 5.75 Å². The molecule has 1 N–H and O–H groups in total. The molecule has 0 saturated heterocycles. The normalized spacial score (nSPS) is 10.6. The predicted molar refractivity (Wildman–Crippen MR) is 109 cm³/mol. The molecule has 3 aromatic carbocycles. The van der Waals surface area contributed by atoms with E-state index >= 15 is 0 Å². The maximum absolute atomic E-state index is 13.0. The van der Waals surface area contributed by atoms with Gasteiger partial charge in [-0.05, 0) is 70.0 Å². The van der Waals surface area contributed by atoms with Crippen molar-refractivity contribution < 1.29 is 9.13 Å². The van der Waals surface area contributed by atoms with Gasteiger partial charge in [-0.15, -0.1) is 0 Å². The first-order valence-corrected chi connectivity index (χ1v) is 9.41. The van der Waals surface area contributed by atoms with Gasteiger partial charge in [-0.2, -0.15) is 0 Å². The molecule has 0 atom stereocenters. The van der Waals surface area contributed by atoms with E-state index < -0.39 is 0 Å². The van der Waals surface area contributed by atoms with Gasteiger partial charge < -0.3 is 10.1 Å². The van der Waals surface area contributed by atoms with E-state index in [-0.39, 0.29) is 5.82 Å². The SMILES string of the molecule is Fc1ccc(COc2ccc(Cl)cc2CNc2ccc(Br)c(Cl)c2)cc1. The van der Waals surface area contributed by atoms with Gasteiger partial charge in [0.15, 0.2) is 0 Å². The zero-order valence-electron chi connectivity index (χ0n) is 13.6. The fourth-order valence-electron chi connectivity index (χ4n) is 2.37. The van der Waals surface area contributed by atoms with E-state index in [1.807, 2.05) is 30.3 Å². The monoisotopic (exact) mass is 453 g/mol. The highest BCUT2D eigenvalue weighted by atomic mass is 79.9. The van der Waals surface area contributed by atoms with E-state index in [9.17, 15) is 4.39 Å². The molecule has 0 amide bonds. The van der Waals surface area contributed by atoms with Crippen LogP contribution in [0.3, 0.4) is 0 Å². The smallest absolute Gasteiger partial charge is 0.124 e. The Bertz CT molecular complexity index is 903. The molecule has 0 aliphatic heterocycles. The third kappa shape index (κ3) is 5.13. The van der Waals surface area contributed by atoms with Crippen molar-refractivity contribution in [2.75, 3.05) is 5.32 Å². The molecule has 2 nitrogen and oxygen atoms in total. The lowest BCUT2D eigenvalue weighted by Gasteiger charge is -2.14. The van der Waals surface area contributed by atoms with Crippen molar-refractivity contribution in [3.05, 3.63) is 92.1 Å². The minimum absolute atomic E-state index is 0.265. The summed E-state index contributed by atoms with van der Waals surface area (Å²) < 4.78 is 19.7. The molecule has 0 aliphatic carbocycles. The minimum Gasteiger partial charge on any atom is -0.489 e. The zero-order valence-corrected chi connectivity index (χ0v) is 16.7. The topological polar surface area (TPSA) is 21.3 Å². The van der Waals surface area contributed by atoms with E-state index in [1.165, 1.54) is 12.1 Å². The van der Waals surface area contributed by atoms with Crippen LogP contribution in [0.25, 0.3) is 0 Å². The van der Waals surface area contributed by atoms with Crippen molar-refractivity contribution in [3.8, 4) is 5.75 Å². The molecule has 0 fully saturated rings. The van der Waals surface area contributed by atoms with Crippen molar-refractivity contribution in [1.82, 2.24) is 0 Å². The van der Waals surface area contributed by atoms with Gasteiger partial charge >= 0.3 is 0 Å². The Labute approximate surface area is 170 Å². The fourth-order valence-corrected chi connectivity index (χ4v) is 2.99. The van der Waals surface area contributed by atoms with Crippen molar-refractivity contribution in [3.63, 3.8) is 0 Å². The summed E-state index contributed by atoms with van der Waals surface area (Å²) in [5.41, 5.74) is 2.70. The summed E-state index contributed by atoms with van der Waals surface area (Å²) in [4.78, 5) is 0. The van der Waals surface area contributed by atoms with Gasteiger partial charge in [0.1, 0.15) is 18.2 Å². The second kappa shape index (κ2) is 8.76. The summed E-state index contributed by atoms with van der Waals surface area (Å²) in [6.45, 7) is 0.871. The number of benzene rings is 3. The number of rotatable bonds is 6. The molecule has 0 spiro atoms. The Morgan fingerprint density at radius 2 is 1.73 bits per heavy atom. The Morgan fingerprint density at radius 3 is 2.46 bits per heavy atom.